The van der Waals surface area contributed by atoms with Crippen molar-refractivity contribution in [1.29, 1.82) is 0 Å². The monoisotopic (exact) mass is 717 g/mol. The van der Waals surface area contributed by atoms with E-state index in [-0.39, 0.29) is 30.3 Å². The Kier molecular flexibility index (Phi) is 7.91. The summed E-state index contributed by atoms with van der Waals surface area (Å²) in [5.41, 5.74) is 5.06. The highest BCUT2D eigenvalue weighted by molar-refractivity contribution is 6.30. The van der Waals surface area contributed by atoms with E-state index in [1.165, 1.54) is 36.1 Å². The highest BCUT2D eigenvalue weighted by Gasteiger charge is 2.70. The minimum Gasteiger partial charge on any atom is -0.508 e. The van der Waals surface area contributed by atoms with Gasteiger partial charge in [0.05, 0.1) is 34.5 Å². The molecule has 2 heterocycles. The van der Waals surface area contributed by atoms with E-state index in [4.69, 9.17) is 11.6 Å². The number of hydrazine groups is 1. The summed E-state index contributed by atoms with van der Waals surface area (Å²) in [5, 5.41) is 12.0. The third kappa shape index (κ3) is 4.92. The molecule has 3 fully saturated rings. The van der Waals surface area contributed by atoms with Crippen molar-refractivity contribution in [2.75, 3.05) is 10.3 Å². The molecule has 2 aliphatic heterocycles. The van der Waals surface area contributed by atoms with E-state index in [1.54, 1.807) is 73.7 Å². The molecule has 4 aromatic rings. The molecule has 2 saturated heterocycles. The maximum Gasteiger partial charge on any atom is 0.260 e. The predicted octanol–water partition coefficient (Wildman–Crippen LogP) is 6.89. The smallest absolute Gasteiger partial charge is 0.260 e. The Morgan fingerprint density at radius 2 is 1.58 bits per heavy atom. The van der Waals surface area contributed by atoms with Gasteiger partial charge in [0, 0.05) is 16.5 Å². The third-order valence-electron chi connectivity index (χ3n) is 11.3. The number of phenolic OH excluding ortho intramolecular Hbond substituents is 1. The number of carbonyl (C=O) groups is 5. The summed E-state index contributed by atoms with van der Waals surface area (Å²) in [7, 11) is 0. The number of allylic oxidation sites excluding steroid dienone is 2. The Bertz CT molecular complexity index is 2220. The summed E-state index contributed by atoms with van der Waals surface area (Å²) in [6.07, 6.45) is 2.27. The normalized spacial score (nSPS) is 26.5. The number of nitrogens with one attached hydrogen (secondary N) is 1. The Balaban J connectivity index is 1.30. The summed E-state index contributed by atoms with van der Waals surface area (Å²) >= 11 is 6.35. The van der Waals surface area contributed by atoms with Crippen LogP contribution in [0.15, 0.2) is 103 Å². The van der Waals surface area contributed by atoms with E-state index in [2.05, 4.69) is 5.43 Å². The highest BCUT2D eigenvalue weighted by Crippen LogP contribution is 2.64. The lowest BCUT2D eigenvalue weighted by Gasteiger charge is -2.50. The second-order valence-corrected chi connectivity index (χ2v) is 14.5. The summed E-state index contributed by atoms with van der Waals surface area (Å²) in [4.78, 5) is 71.6. The number of imide groups is 2. The van der Waals surface area contributed by atoms with Gasteiger partial charge in [-0.3, -0.25) is 34.3 Å². The average molecular weight is 718 g/mol. The molecule has 0 radical (unpaired) electrons. The van der Waals surface area contributed by atoms with Gasteiger partial charge in [0.15, 0.2) is 5.78 Å². The third-order valence-corrected chi connectivity index (χ3v) is 11.6. The standard InChI is InChI=1S/C41H33ClFN3O6/c1-21-19-24(5-18-34(21)48)36-30-16-17-31-35(39(51)45(37(31)49)29-14-3-23(4-15-29)22(2)47)32(30)20-33-38(50)46(44-28-12-10-27(43)11-13-28)40(52)41(33,36)25-6-8-26(42)9-7-25/h3-16,18-19,31-33,35-36,44,48H,17,20H2,1-2H3/t31-,32+,33-,35-,36-,41+/m0/s1. The zero-order valence-corrected chi connectivity index (χ0v) is 28.9. The number of fused-ring (bicyclic) bond motifs is 4. The van der Waals surface area contributed by atoms with Gasteiger partial charge in [0.25, 0.3) is 11.8 Å². The first kappa shape index (κ1) is 33.5. The van der Waals surface area contributed by atoms with Gasteiger partial charge in [-0.25, -0.2) is 4.39 Å². The molecule has 4 aliphatic rings. The number of anilines is 2. The number of nitrogens with zero attached hydrogens (tertiary/aromatic N) is 2. The lowest BCUT2D eigenvalue weighted by atomic mass is 9.49. The van der Waals surface area contributed by atoms with Gasteiger partial charge in [-0.15, -0.1) is 0 Å². The topological polar surface area (TPSA) is 124 Å². The number of ketones is 1. The quantitative estimate of drug-likeness (QED) is 0.127. The number of aromatic hydroxyl groups is 1. The highest BCUT2D eigenvalue weighted by atomic mass is 35.5. The van der Waals surface area contributed by atoms with Crippen molar-refractivity contribution in [2.45, 2.75) is 38.0 Å². The van der Waals surface area contributed by atoms with Crippen LogP contribution in [0.4, 0.5) is 15.8 Å². The van der Waals surface area contributed by atoms with Gasteiger partial charge in [0.1, 0.15) is 11.6 Å². The van der Waals surface area contributed by atoms with Crippen LogP contribution in [0.25, 0.3) is 0 Å². The molecule has 2 aliphatic carbocycles. The van der Waals surface area contributed by atoms with Crippen LogP contribution < -0.4 is 10.3 Å². The Morgan fingerprint density at radius 3 is 2.23 bits per heavy atom. The van der Waals surface area contributed by atoms with Crippen LogP contribution in [-0.2, 0) is 24.6 Å². The first-order valence-electron chi connectivity index (χ1n) is 17.1. The van der Waals surface area contributed by atoms with E-state index in [1.807, 2.05) is 6.08 Å². The van der Waals surface area contributed by atoms with Crippen molar-refractivity contribution in [2.24, 2.45) is 23.7 Å². The second kappa shape index (κ2) is 12.3. The number of carbonyl (C=O) groups excluding carboxylic acids is 5. The van der Waals surface area contributed by atoms with E-state index in [0.717, 1.165) is 10.6 Å². The first-order valence-corrected chi connectivity index (χ1v) is 17.4. The average Bonchev–Trinajstić information content (AvgIpc) is 3.51. The molecule has 2 N–H and O–H groups in total. The van der Waals surface area contributed by atoms with E-state index in [9.17, 15) is 28.7 Å². The van der Waals surface area contributed by atoms with E-state index >= 15 is 4.79 Å². The number of hydrogen-bond acceptors (Lipinski definition) is 7. The van der Waals surface area contributed by atoms with Crippen LogP contribution in [0.1, 0.15) is 52.7 Å². The number of halogens is 2. The zero-order chi connectivity index (χ0) is 36.6. The summed E-state index contributed by atoms with van der Waals surface area (Å²) < 4.78 is 13.9. The maximum absolute atomic E-state index is 15.2. The van der Waals surface area contributed by atoms with Crippen LogP contribution in [-0.4, -0.2) is 39.5 Å². The van der Waals surface area contributed by atoms with Crippen molar-refractivity contribution >= 4 is 52.4 Å². The first-order chi connectivity index (χ1) is 24.9. The minimum atomic E-state index is -1.53. The largest absolute Gasteiger partial charge is 0.508 e. The van der Waals surface area contributed by atoms with Crippen LogP contribution >= 0.6 is 11.6 Å². The van der Waals surface area contributed by atoms with Crippen LogP contribution in [0, 0.1) is 36.4 Å². The van der Waals surface area contributed by atoms with Gasteiger partial charge < -0.3 is 5.11 Å². The summed E-state index contributed by atoms with van der Waals surface area (Å²) in [6, 6.07) is 23.5. The number of benzene rings is 4. The van der Waals surface area contributed by atoms with E-state index in [0.29, 0.717) is 38.7 Å². The van der Waals surface area contributed by atoms with Gasteiger partial charge in [-0.1, -0.05) is 47.5 Å². The number of aryl methyl sites for hydroxylation is 1. The van der Waals surface area contributed by atoms with Crippen LogP contribution in [0.5, 0.6) is 5.75 Å². The predicted molar refractivity (Wildman–Crippen MR) is 191 cm³/mol. The Hall–Kier alpha value is -5.61. The molecule has 8 rings (SSSR count). The molecule has 0 spiro atoms. The molecule has 0 aromatic heterocycles. The maximum atomic E-state index is 15.2. The molecular weight excluding hydrogens is 685 g/mol. The van der Waals surface area contributed by atoms with Crippen molar-refractivity contribution in [3.05, 3.63) is 136 Å². The molecule has 262 valence electrons. The van der Waals surface area contributed by atoms with Crippen molar-refractivity contribution in [3.8, 4) is 5.75 Å². The lowest BCUT2D eigenvalue weighted by Crippen LogP contribution is -2.53. The molecule has 52 heavy (non-hydrogen) atoms. The molecule has 4 amide bonds. The molecule has 0 bridgehead atoms. The lowest BCUT2D eigenvalue weighted by molar-refractivity contribution is -0.138. The van der Waals surface area contributed by atoms with Crippen molar-refractivity contribution in [3.63, 3.8) is 0 Å². The molecule has 4 aromatic carbocycles. The van der Waals surface area contributed by atoms with Crippen LogP contribution in [0.3, 0.4) is 0 Å². The van der Waals surface area contributed by atoms with Gasteiger partial charge in [-0.05, 0) is 116 Å². The Morgan fingerprint density at radius 1 is 0.885 bits per heavy atom. The van der Waals surface area contributed by atoms with Gasteiger partial charge in [0.2, 0.25) is 11.8 Å². The molecule has 11 heteroatoms. The van der Waals surface area contributed by atoms with Crippen molar-refractivity contribution in [1.82, 2.24) is 5.01 Å². The number of Topliss-reactive ketones (excluding diaryl/α,β-unsaturated/α-hetero) is 1. The molecular formula is C41H33ClFN3O6. The fourth-order valence-corrected chi connectivity index (χ4v) is 9.11. The summed E-state index contributed by atoms with van der Waals surface area (Å²) in [6.45, 7) is 3.18. The SMILES string of the molecule is CC(=O)c1ccc(N2C(=O)[C@H]3[C@H](CC=C4[C@H]3C[C@H]3C(=O)N(Nc5ccc(F)cc5)C(=O)[C@@]3(c3ccc(Cl)cc3)[C@H]4c3ccc(O)c(C)c3)C2=O)cc1. The molecule has 0 unspecified atom stereocenters. The zero-order valence-electron chi connectivity index (χ0n) is 28.2. The van der Waals surface area contributed by atoms with E-state index < -0.39 is 58.5 Å². The van der Waals surface area contributed by atoms with Gasteiger partial charge >= 0.3 is 0 Å². The second-order valence-electron chi connectivity index (χ2n) is 14.0. The molecule has 1 saturated carbocycles. The number of rotatable bonds is 6. The van der Waals surface area contributed by atoms with Crippen LogP contribution in [0.2, 0.25) is 5.02 Å². The number of hydrogen-bond donors (Lipinski definition) is 2. The van der Waals surface area contributed by atoms with Crippen molar-refractivity contribution < 1.29 is 33.5 Å². The fraction of sp³-hybridized carbons (Fsp3) is 0.244. The fourth-order valence-electron chi connectivity index (χ4n) is 8.99. The van der Waals surface area contributed by atoms with Gasteiger partial charge in [-0.2, -0.15) is 5.01 Å². The molecule has 6 atom stereocenters. The Labute approximate surface area is 303 Å². The number of phenols is 1. The number of amides is 4. The minimum absolute atomic E-state index is 0.0577. The molecule has 9 nitrogen and oxygen atoms in total. The summed E-state index contributed by atoms with van der Waals surface area (Å²) in [5.74, 6) is -6.29.